The molecule has 0 unspecified atom stereocenters. The minimum Gasteiger partial charge on any atom is -0.462 e. The van der Waals surface area contributed by atoms with Crippen molar-refractivity contribution in [1.29, 1.82) is 0 Å². The van der Waals surface area contributed by atoms with Crippen LogP contribution in [0.4, 0.5) is 0 Å². The second-order valence-electron chi connectivity index (χ2n) is 16.2. The number of hydrogen-bond acceptors (Lipinski definition) is 14. The molecule has 14 heteroatoms. The molecule has 3 aliphatic heterocycles. The van der Waals surface area contributed by atoms with Crippen molar-refractivity contribution in [3.05, 3.63) is 0 Å². The van der Waals surface area contributed by atoms with Crippen molar-refractivity contribution in [3.8, 4) is 0 Å². The number of aliphatic hydroxyl groups excluding tert-OH is 4. The predicted octanol–water partition coefficient (Wildman–Crippen LogP) is 1.64. The lowest BCUT2D eigenvalue weighted by Crippen LogP contribution is -2.61. The summed E-state index contributed by atoms with van der Waals surface area (Å²) in [6.07, 6.45) is -9.05. The van der Waals surface area contributed by atoms with Crippen molar-refractivity contribution in [2.45, 2.75) is 167 Å². The summed E-state index contributed by atoms with van der Waals surface area (Å²) in [5, 5.41) is 56.9. The molecular formula is C37H67NO13. The number of likely N-dealkylation sites (N-methyl/N-ethyl adjacent to an activating group) is 1. The number of Topliss-reactive ketones (excluding diaryl/α,β-unsaturated/α-hetero) is 1. The Labute approximate surface area is 304 Å². The number of ether oxygens (including phenoxy) is 6. The second-order valence-corrected chi connectivity index (χ2v) is 16.2. The highest BCUT2D eigenvalue weighted by Gasteiger charge is 2.53. The largest absolute Gasteiger partial charge is 0.462 e. The summed E-state index contributed by atoms with van der Waals surface area (Å²) in [6, 6.07) is -0.337. The van der Waals surface area contributed by atoms with Crippen LogP contribution in [0.15, 0.2) is 0 Å². The molecule has 0 aromatic rings. The topological polar surface area (TPSA) is 194 Å². The second kappa shape index (κ2) is 17.9. The molecule has 0 spiro atoms. The number of ketones is 1. The summed E-state index contributed by atoms with van der Waals surface area (Å²) in [6.45, 7) is 14.6. The van der Waals surface area contributed by atoms with Gasteiger partial charge in [0.25, 0.3) is 0 Å². The molecule has 51 heavy (non-hydrogen) atoms. The SMILES string of the molecule is CC[C@H]1OC(=O)[C@H](CO)[C@@H](O[C@H]2C[C@@](C)(OC)[C@@H](O)[C@H](C)O2)[C@H](C)[C@@H](O[C@@H]2O[C@H](C)C[C@H](N(C)C)[C@H]2O)[C@](C)(O)C[C@@H](C)C(=O)[C@H](C)[C@@H](O)[C@H]1C. The highest BCUT2D eigenvalue weighted by atomic mass is 16.7. The van der Waals surface area contributed by atoms with Gasteiger partial charge in [-0.25, -0.2) is 0 Å². The van der Waals surface area contributed by atoms with Gasteiger partial charge in [-0.1, -0.05) is 34.6 Å². The van der Waals surface area contributed by atoms with Crippen molar-refractivity contribution in [2.75, 3.05) is 27.8 Å². The molecular weight excluding hydrogens is 666 g/mol. The normalized spacial score (nSPS) is 48.3. The Morgan fingerprint density at radius 1 is 0.922 bits per heavy atom. The third-order valence-corrected chi connectivity index (χ3v) is 11.8. The van der Waals surface area contributed by atoms with Crippen LogP contribution in [0.1, 0.15) is 88.0 Å². The maximum Gasteiger partial charge on any atom is 0.314 e. The molecule has 0 radical (unpaired) electrons. The molecule has 0 aromatic carbocycles. The van der Waals surface area contributed by atoms with E-state index in [1.807, 2.05) is 25.9 Å². The zero-order chi connectivity index (χ0) is 38.7. The molecule has 3 aliphatic rings. The fourth-order valence-corrected chi connectivity index (χ4v) is 8.40. The number of methoxy groups -OCH3 is 1. The van der Waals surface area contributed by atoms with Gasteiger partial charge in [-0.3, -0.25) is 9.59 Å². The van der Waals surface area contributed by atoms with Crippen LogP contribution in [0.2, 0.25) is 0 Å². The van der Waals surface area contributed by atoms with Crippen LogP contribution in [-0.4, -0.2) is 149 Å². The average molecular weight is 734 g/mol. The third-order valence-electron chi connectivity index (χ3n) is 11.8. The van der Waals surface area contributed by atoms with Crippen molar-refractivity contribution in [1.82, 2.24) is 4.90 Å². The van der Waals surface area contributed by atoms with Gasteiger partial charge >= 0.3 is 5.97 Å². The van der Waals surface area contributed by atoms with Crippen molar-refractivity contribution < 1.29 is 63.5 Å². The molecule has 0 bridgehead atoms. The van der Waals surface area contributed by atoms with Crippen LogP contribution in [-0.2, 0) is 38.0 Å². The van der Waals surface area contributed by atoms with E-state index in [-0.39, 0.29) is 30.8 Å². The molecule has 0 aromatic heterocycles. The van der Waals surface area contributed by atoms with Gasteiger partial charge in [0, 0.05) is 43.2 Å². The van der Waals surface area contributed by atoms with Crippen LogP contribution in [0.25, 0.3) is 0 Å². The highest BCUT2D eigenvalue weighted by molar-refractivity contribution is 5.83. The minimum atomic E-state index is -1.80. The lowest BCUT2D eigenvalue weighted by Gasteiger charge is -2.49. The monoisotopic (exact) mass is 733 g/mol. The van der Waals surface area contributed by atoms with E-state index in [4.69, 9.17) is 28.4 Å². The average Bonchev–Trinajstić information content (AvgIpc) is 3.06. The number of cyclic esters (lactones) is 1. The molecule has 0 aliphatic carbocycles. The van der Waals surface area contributed by atoms with Gasteiger partial charge in [0.1, 0.15) is 30.0 Å². The van der Waals surface area contributed by atoms with Crippen LogP contribution in [0, 0.1) is 29.6 Å². The first-order valence-electron chi connectivity index (χ1n) is 18.6. The Morgan fingerprint density at radius 2 is 1.55 bits per heavy atom. The summed E-state index contributed by atoms with van der Waals surface area (Å²) >= 11 is 0. The van der Waals surface area contributed by atoms with Crippen LogP contribution in [0.5, 0.6) is 0 Å². The molecule has 5 N–H and O–H groups in total. The van der Waals surface area contributed by atoms with E-state index >= 15 is 0 Å². The summed E-state index contributed by atoms with van der Waals surface area (Å²) in [7, 11) is 5.15. The van der Waals surface area contributed by atoms with Gasteiger partial charge in [-0.05, 0) is 61.1 Å². The van der Waals surface area contributed by atoms with Gasteiger partial charge in [-0.15, -0.1) is 0 Å². The molecule has 3 fully saturated rings. The standard InChI is InChI=1S/C37H67NO13/c1-13-26-20(4)29(41)21(5)28(40)18(2)15-36(8,45)33(51-35-30(42)25(38(10)11)14-19(3)47-35)22(6)31(24(17-39)34(44)49-26)50-27-16-37(9,46-12)32(43)23(7)48-27/h18-27,29-33,35,39,41-43,45H,13-17H2,1-12H3/t18-,19-,20+,21+,22+,23+,24-,25+,26-,27+,29+,30-,31+,32+,33-,35+,36-,37-/m1/s1. The quantitative estimate of drug-likeness (QED) is 0.226. The number of nitrogens with zero attached hydrogens (tertiary/aromatic N) is 1. The molecule has 0 saturated carbocycles. The number of hydrogen-bond donors (Lipinski definition) is 5. The summed E-state index contributed by atoms with van der Waals surface area (Å²) in [4.78, 5) is 29.8. The Kier molecular flexibility index (Phi) is 15.5. The number of rotatable bonds is 8. The summed E-state index contributed by atoms with van der Waals surface area (Å²) in [5.41, 5.74) is -2.88. The lowest BCUT2D eigenvalue weighted by atomic mass is 9.74. The van der Waals surface area contributed by atoms with Gasteiger partial charge in [-0.2, -0.15) is 0 Å². The smallest absolute Gasteiger partial charge is 0.314 e. The Bertz CT molecular complexity index is 1140. The van der Waals surface area contributed by atoms with Gasteiger partial charge in [0.05, 0.1) is 48.3 Å². The van der Waals surface area contributed by atoms with Crippen LogP contribution < -0.4 is 0 Å². The van der Waals surface area contributed by atoms with Crippen LogP contribution >= 0.6 is 0 Å². The first-order valence-corrected chi connectivity index (χ1v) is 18.6. The van der Waals surface area contributed by atoms with E-state index in [2.05, 4.69) is 0 Å². The third kappa shape index (κ3) is 9.88. The van der Waals surface area contributed by atoms with E-state index in [1.54, 1.807) is 48.5 Å². The summed E-state index contributed by atoms with van der Waals surface area (Å²) in [5.74, 6) is -5.57. The van der Waals surface area contributed by atoms with Gasteiger partial charge in [0.15, 0.2) is 12.6 Å². The highest BCUT2D eigenvalue weighted by Crippen LogP contribution is 2.40. The molecule has 18 atom stereocenters. The Hall–Kier alpha value is -1.30. The van der Waals surface area contributed by atoms with E-state index < -0.39 is 109 Å². The summed E-state index contributed by atoms with van der Waals surface area (Å²) < 4.78 is 37.1. The number of aliphatic hydroxyl groups is 5. The van der Waals surface area contributed by atoms with E-state index in [9.17, 15) is 35.1 Å². The molecule has 3 saturated heterocycles. The van der Waals surface area contributed by atoms with E-state index in [0.717, 1.165) is 0 Å². The number of carbonyl (C=O) groups is 2. The maximum atomic E-state index is 14.1. The fourth-order valence-electron chi connectivity index (χ4n) is 8.40. The van der Waals surface area contributed by atoms with Gasteiger partial charge in [0.2, 0.25) is 0 Å². The predicted molar refractivity (Wildman–Crippen MR) is 186 cm³/mol. The first-order chi connectivity index (χ1) is 23.6. The molecule has 3 rings (SSSR count). The molecule has 298 valence electrons. The maximum absolute atomic E-state index is 14.1. The Balaban J connectivity index is 2.19. The lowest BCUT2D eigenvalue weighted by molar-refractivity contribution is -0.318. The first kappa shape index (κ1) is 44.1. The number of carbonyl (C=O) groups excluding carboxylic acids is 2. The molecule has 0 amide bonds. The fraction of sp³-hybridized carbons (Fsp3) is 0.946. The van der Waals surface area contributed by atoms with Crippen LogP contribution in [0.3, 0.4) is 0 Å². The molecule has 3 heterocycles. The van der Waals surface area contributed by atoms with Crippen molar-refractivity contribution in [3.63, 3.8) is 0 Å². The van der Waals surface area contributed by atoms with Crippen molar-refractivity contribution >= 4 is 11.8 Å². The minimum absolute atomic E-state index is 0.0596. The van der Waals surface area contributed by atoms with Crippen molar-refractivity contribution in [2.24, 2.45) is 29.6 Å². The van der Waals surface area contributed by atoms with E-state index in [1.165, 1.54) is 14.0 Å². The Morgan fingerprint density at radius 3 is 2.10 bits per heavy atom. The van der Waals surface area contributed by atoms with E-state index in [0.29, 0.717) is 12.8 Å². The zero-order valence-corrected chi connectivity index (χ0v) is 32.7. The number of esters is 1. The molecule has 14 nitrogen and oxygen atoms in total. The van der Waals surface area contributed by atoms with Gasteiger partial charge < -0.3 is 58.9 Å². The zero-order valence-electron chi connectivity index (χ0n) is 32.7.